The van der Waals surface area contributed by atoms with Crippen LogP contribution < -0.4 is 13.8 Å². The number of benzene rings is 4. The second kappa shape index (κ2) is 9.52. The van der Waals surface area contributed by atoms with E-state index in [1.54, 1.807) is 66.7 Å². The van der Waals surface area contributed by atoms with Gasteiger partial charge < -0.3 is 8.92 Å². The molecule has 5 rings (SSSR count). The van der Waals surface area contributed by atoms with Gasteiger partial charge in [0, 0.05) is 5.39 Å². The second-order valence-electron chi connectivity index (χ2n) is 7.78. The minimum absolute atomic E-state index is 0.0000239. The number of nitrogens with zero attached hydrogens (tertiary/aromatic N) is 1. The fourth-order valence-electron chi connectivity index (χ4n) is 3.84. The summed E-state index contributed by atoms with van der Waals surface area (Å²) in [5, 5.41) is 0.921. The first kappa shape index (κ1) is 23.7. The van der Waals surface area contributed by atoms with Gasteiger partial charge in [-0.05, 0) is 59.1 Å². The van der Waals surface area contributed by atoms with E-state index in [0.717, 1.165) is 22.0 Å². The van der Waals surface area contributed by atoms with Gasteiger partial charge >= 0.3 is 10.1 Å². The van der Waals surface area contributed by atoms with E-state index in [2.05, 4.69) is 0 Å². The van der Waals surface area contributed by atoms with Gasteiger partial charge in [-0.3, -0.25) is 9.59 Å². The number of para-hydroxylation sites is 1. The number of carbonyl (C=O) groups is 2. The molecule has 1 heterocycles. The molecule has 0 unspecified atom stereocenters. The number of ether oxygens (including phenoxy) is 1. The van der Waals surface area contributed by atoms with Crippen molar-refractivity contribution in [1.29, 1.82) is 0 Å². The van der Waals surface area contributed by atoms with E-state index in [4.69, 9.17) is 8.92 Å². The van der Waals surface area contributed by atoms with Crippen molar-refractivity contribution in [3.05, 3.63) is 101 Å². The van der Waals surface area contributed by atoms with Crippen molar-refractivity contribution in [3.63, 3.8) is 0 Å². The van der Waals surface area contributed by atoms with Crippen molar-refractivity contribution in [2.24, 2.45) is 0 Å². The molecule has 0 spiro atoms. The maximum Gasteiger partial charge on any atom is 0.339 e. The second-order valence-corrected chi connectivity index (χ2v) is 10.3. The molecule has 180 valence electrons. The molecule has 1 aliphatic heterocycles. The maximum absolute atomic E-state index is 13.1. The summed E-state index contributed by atoms with van der Waals surface area (Å²) in [5.74, 6) is -0.274. The fourth-order valence-corrected chi connectivity index (χ4v) is 5.84. The molecule has 7 nitrogen and oxygen atoms in total. The molecule has 1 saturated heterocycles. The number of thioether (sulfide) groups is 1. The van der Waals surface area contributed by atoms with E-state index in [9.17, 15) is 18.0 Å². The number of imide groups is 1. The summed E-state index contributed by atoms with van der Waals surface area (Å²) in [4.78, 5) is 26.7. The molecule has 0 aliphatic carbocycles. The van der Waals surface area contributed by atoms with Crippen molar-refractivity contribution in [3.8, 4) is 11.5 Å². The van der Waals surface area contributed by atoms with E-state index >= 15 is 0 Å². The SMILES string of the molecule is COc1cc(/C=C2/SC(=O)N(c3ccccc3)C2=O)ccc1OS(=O)(=O)c1cccc2ccccc12. The van der Waals surface area contributed by atoms with Gasteiger partial charge in [0.15, 0.2) is 11.5 Å². The van der Waals surface area contributed by atoms with Gasteiger partial charge in [-0.25, -0.2) is 4.90 Å². The zero-order chi connectivity index (χ0) is 25.3. The van der Waals surface area contributed by atoms with Gasteiger partial charge in [0.2, 0.25) is 0 Å². The maximum atomic E-state index is 13.1. The van der Waals surface area contributed by atoms with E-state index in [-0.39, 0.29) is 21.3 Å². The highest BCUT2D eigenvalue weighted by Gasteiger charge is 2.36. The van der Waals surface area contributed by atoms with Crippen LogP contribution in [-0.2, 0) is 14.9 Å². The Balaban J connectivity index is 1.44. The standard InChI is InChI=1S/C27H19NO6S2/c1-33-23-16-18(17-24-26(29)28(27(30)35-24)20-10-3-2-4-11-20)14-15-22(23)34-36(31,32)25-13-7-9-19-8-5-6-12-21(19)25/h2-17H,1H3/b24-17+. The number of rotatable bonds is 6. The van der Waals surface area contributed by atoms with Crippen LogP contribution in [0.1, 0.15) is 5.56 Å². The summed E-state index contributed by atoms with van der Waals surface area (Å²) in [6.45, 7) is 0. The first-order valence-corrected chi connectivity index (χ1v) is 13.0. The number of amides is 2. The Bertz CT molecular complexity index is 1630. The summed E-state index contributed by atoms with van der Waals surface area (Å²) in [5.41, 5.74) is 1.03. The van der Waals surface area contributed by atoms with E-state index in [0.29, 0.717) is 16.6 Å². The Hall–Kier alpha value is -4.08. The minimum atomic E-state index is -4.17. The Labute approximate surface area is 212 Å². The lowest BCUT2D eigenvalue weighted by atomic mass is 10.1. The topological polar surface area (TPSA) is 90.0 Å². The van der Waals surface area contributed by atoms with Crippen molar-refractivity contribution in [1.82, 2.24) is 0 Å². The molecule has 36 heavy (non-hydrogen) atoms. The normalized spacial score (nSPS) is 15.0. The molecule has 0 bridgehead atoms. The molecule has 1 aliphatic rings. The Morgan fingerprint density at radius 1 is 0.833 bits per heavy atom. The highest BCUT2D eigenvalue weighted by Crippen LogP contribution is 2.37. The molecular formula is C27H19NO6S2. The predicted octanol–water partition coefficient (Wildman–Crippen LogP) is 5.86. The highest BCUT2D eigenvalue weighted by molar-refractivity contribution is 8.19. The van der Waals surface area contributed by atoms with Crippen molar-refractivity contribution >= 4 is 55.6 Å². The van der Waals surface area contributed by atoms with Gasteiger partial charge in [-0.15, -0.1) is 0 Å². The minimum Gasteiger partial charge on any atom is -0.493 e. The third kappa shape index (κ3) is 4.46. The molecule has 0 N–H and O–H groups in total. The fraction of sp³-hybridized carbons (Fsp3) is 0.0370. The van der Waals surface area contributed by atoms with E-state index in [1.165, 1.54) is 19.2 Å². The summed E-state index contributed by atoms with van der Waals surface area (Å²) in [6.07, 6.45) is 1.55. The highest BCUT2D eigenvalue weighted by atomic mass is 32.2. The van der Waals surface area contributed by atoms with Crippen LogP contribution in [0.3, 0.4) is 0 Å². The Morgan fingerprint density at radius 3 is 2.33 bits per heavy atom. The number of methoxy groups -OCH3 is 1. The van der Waals surface area contributed by atoms with Crippen LogP contribution in [0.2, 0.25) is 0 Å². The molecule has 2 amide bonds. The van der Waals surface area contributed by atoms with Gasteiger partial charge in [0.05, 0.1) is 17.7 Å². The Kier molecular flexibility index (Phi) is 6.26. The van der Waals surface area contributed by atoms with Crippen LogP contribution in [0.4, 0.5) is 10.5 Å². The van der Waals surface area contributed by atoms with Crippen LogP contribution in [0.25, 0.3) is 16.8 Å². The number of carbonyl (C=O) groups excluding carboxylic acids is 2. The zero-order valence-electron chi connectivity index (χ0n) is 19.0. The molecule has 9 heteroatoms. The number of anilines is 1. The van der Waals surface area contributed by atoms with Crippen LogP contribution in [0.5, 0.6) is 11.5 Å². The quantitative estimate of drug-likeness (QED) is 0.234. The molecule has 4 aromatic rings. The molecular weight excluding hydrogens is 498 g/mol. The number of fused-ring (bicyclic) bond motifs is 1. The predicted molar refractivity (Wildman–Crippen MR) is 140 cm³/mol. The third-order valence-corrected chi connectivity index (χ3v) is 7.68. The van der Waals surface area contributed by atoms with Gasteiger partial charge in [0.25, 0.3) is 11.1 Å². The molecule has 0 atom stereocenters. The third-order valence-electron chi connectivity index (χ3n) is 5.51. The van der Waals surface area contributed by atoms with Crippen LogP contribution in [0, 0.1) is 0 Å². The largest absolute Gasteiger partial charge is 0.493 e. The monoisotopic (exact) mass is 517 g/mol. The van der Waals surface area contributed by atoms with E-state index < -0.39 is 21.3 Å². The number of hydrogen-bond donors (Lipinski definition) is 0. The van der Waals surface area contributed by atoms with Crippen molar-refractivity contribution < 1.29 is 26.9 Å². The summed E-state index contributed by atoms with van der Waals surface area (Å²) in [6, 6.07) is 25.3. The summed E-state index contributed by atoms with van der Waals surface area (Å²) in [7, 11) is -2.78. The summed E-state index contributed by atoms with van der Waals surface area (Å²) >= 11 is 0.828. The molecule has 1 fully saturated rings. The average Bonchev–Trinajstić information content (AvgIpc) is 3.17. The van der Waals surface area contributed by atoms with Crippen LogP contribution in [-0.4, -0.2) is 26.7 Å². The smallest absolute Gasteiger partial charge is 0.339 e. The zero-order valence-corrected chi connectivity index (χ0v) is 20.6. The Morgan fingerprint density at radius 2 is 1.56 bits per heavy atom. The molecule has 0 radical (unpaired) electrons. The van der Waals surface area contributed by atoms with Crippen molar-refractivity contribution in [2.75, 3.05) is 12.0 Å². The average molecular weight is 518 g/mol. The lowest BCUT2D eigenvalue weighted by Gasteiger charge is -2.13. The lowest BCUT2D eigenvalue weighted by Crippen LogP contribution is -2.27. The van der Waals surface area contributed by atoms with Gasteiger partial charge in [0.1, 0.15) is 4.90 Å². The van der Waals surface area contributed by atoms with E-state index in [1.807, 2.05) is 18.2 Å². The van der Waals surface area contributed by atoms with Crippen LogP contribution >= 0.6 is 11.8 Å². The molecule has 4 aromatic carbocycles. The van der Waals surface area contributed by atoms with Crippen LogP contribution in [0.15, 0.2) is 101 Å². The molecule has 0 saturated carbocycles. The first-order chi connectivity index (χ1) is 17.4. The summed E-state index contributed by atoms with van der Waals surface area (Å²) < 4.78 is 37.1. The van der Waals surface area contributed by atoms with Crippen molar-refractivity contribution in [2.45, 2.75) is 4.90 Å². The number of hydrogen-bond acceptors (Lipinski definition) is 7. The molecule has 0 aromatic heterocycles. The lowest BCUT2D eigenvalue weighted by molar-refractivity contribution is -0.113. The van der Waals surface area contributed by atoms with Gasteiger partial charge in [-0.2, -0.15) is 8.42 Å². The first-order valence-electron chi connectivity index (χ1n) is 10.8. The van der Waals surface area contributed by atoms with Gasteiger partial charge in [-0.1, -0.05) is 60.7 Å².